The van der Waals surface area contributed by atoms with Gasteiger partial charge in [0.2, 0.25) is 11.8 Å². The molecule has 2 amide bonds. The van der Waals surface area contributed by atoms with Gasteiger partial charge < -0.3 is 15.0 Å². The van der Waals surface area contributed by atoms with E-state index in [0.717, 1.165) is 45.2 Å². The summed E-state index contributed by atoms with van der Waals surface area (Å²) < 4.78 is 5.29. The van der Waals surface area contributed by atoms with Crippen molar-refractivity contribution in [1.29, 1.82) is 0 Å². The molecular formula is C21H29ClN2O3. The molecule has 1 aliphatic carbocycles. The Kier molecular flexibility index (Phi) is 6.64. The molecule has 2 fully saturated rings. The molecule has 2 aliphatic rings. The Bertz CT molecular complexity index is 686. The van der Waals surface area contributed by atoms with Gasteiger partial charge in [-0.15, -0.1) is 0 Å². The van der Waals surface area contributed by atoms with Crippen molar-refractivity contribution in [3.8, 4) is 5.75 Å². The van der Waals surface area contributed by atoms with Crippen LogP contribution in [0.25, 0.3) is 0 Å². The standard InChI is InChI=1S/C21H29ClN2O3/c1-14-4-3-11-24(13-14)21(26)16-7-5-15(6-8-16)20(25)23-18-12-17(22)9-10-19(18)27-2/h9-10,12,14-16H,3-8,11,13H2,1-2H3,(H,23,25). The Morgan fingerprint density at radius 3 is 2.52 bits per heavy atom. The lowest BCUT2D eigenvalue weighted by Gasteiger charge is -2.35. The number of hydrogen-bond acceptors (Lipinski definition) is 3. The molecule has 3 rings (SSSR count). The van der Waals surface area contributed by atoms with Crippen molar-refractivity contribution in [2.45, 2.75) is 45.4 Å². The van der Waals surface area contributed by atoms with Gasteiger partial charge in [-0.05, 0) is 62.6 Å². The van der Waals surface area contributed by atoms with E-state index in [1.54, 1.807) is 25.3 Å². The van der Waals surface area contributed by atoms with Crippen LogP contribution in [0.5, 0.6) is 5.75 Å². The second-order valence-electron chi connectivity index (χ2n) is 7.91. The highest BCUT2D eigenvalue weighted by atomic mass is 35.5. The molecule has 5 nitrogen and oxygen atoms in total. The van der Waals surface area contributed by atoms with Crippen molar-refractivity contribution < 1.29 is 14.3 Å². The molecule has 0 bridgehead atoms. The lowest BCUT2D eigenvalue weighted by Crippen LogP contribution is -2.43. The van der Waals surface area contributed by atoms with Crippen LogP contribution in [0.15, 0.2) is 18.2 Å². The van der Waals surface area contributed by atoms with Crippen LogP contribution in [0.3, 0.4) is 0 Å². The minimum Gasteiger partial charge on any atom is -0.495 e. The molecule has 0 spiro atoms. The van der Waals surface area contributed by atoms with Gasteiger partial charge in [0.25, 0.3) is 0 Å². The number of nitrogens with one attached hydrogen (secondary N) is 1. The van der Waals surface area contributed by atoms with Crippen LogP contribution >= 0.6 is 11.6 Å². The average Bonchev–Trinajstić information content (AvgIpc) is 2.67. The number of nitrogens with zero attached hydrogens (tertiary/aromatic N) is 1. The molecule has 1 saturated heterocycles. The first-order chi connectivity index (χ1) is 13.0. The van der Waals surface area contributed by atoms with E-state index in [-0.39, 0.29) is 23.7 Å². The minimum atomic E-state index is -0.0713. The lowest BCUT2D eigenvalue weighted by molar-refractivity contribution is -0.139. The van der Waals surface area contributed by atoms with Crippen LogP contribution in [0.1, 0.15) is 45.4 Å². The van der Waals surface area contributed by atoms with Gasteiger partial charge >= 0.3 is 0 Å². The van der Waals surface area contributed by atoms with Gasteiger partial charge in [-0.2, -0.15) is 0 Å². The summed E-state index contributed by atoms with van der Waals surface area (Å²) in [6.45, 7) is 3.98. The van der Waals surface area contributed by atoms with Gasteiger partial charge in [0.15, 0.2) is 0 Å². The highest BCUT2D eigenvalue weighted by Gasteiger charge is 2.33. The molecule has 1 unspecified atom stereocenters. The molecule has 1 saturated carbocycles. The Labute approximate surface area is 166 Å². The van der Waals surface area contributed by atoms with E-state index in [9.17, 15) is 9.59 Å². The van der Waals surface area contributed by atoms with Crippen molar-refractivity contribution in [3.63, 3.8) is 0 Å². The first-order valence-electron chi connectivity index (χ1n) is 9.91. The van der Waals surface area contributed by atoms with E-state index in [0.29, 0.717) is 22.4 Å². The van der Waals surface area contributed by atoms with Crippen LogP contribution in [-0.2, 0) is 9.59 Å². The molecule has 0 aromatic heterocycles. The van der Waals surface area contributed by atoms with Gasteiger partial charge in [0.1, 0.15) is 5.75 Å². The van der Waals surface area contributed by atoms with Gasteiger partial charge in [0, 0.05) is 29.9 Å². The Hall–Kier alpha value is -1.75. The number of carbonyl (C=O) groups is 2. The third-order valence-corrected chi connectivity index (χ3v) is 6.07. The van der Waals surface area contributed by atoms with E-state index < -0.39 is 0 Å². The fraction of sp³-hybridized carbons (Fsp3) is 0.619. The number of piperidine rings is 1. The third-order valence-electron chi connectivity index (χ3n) is 5.84. The Morgan fingerprint density at radius 2 is 1.85 bits per heavy atom. The maximum atomic E-state index is 12.8. The Balaban J connectivity index is 1.53. The molecule has 1 atom stereocenters. The maximum absolute atomic E-state index is 12.8. The van der Waals surface area contributed by atoms with Crippen LogP contribution in [0.2, 0.25) is 5.02 Å². The summed E-state index contributed by atoms with van der Waals surface area (Å²) in [4.78, 5) is 27.5. The quantitative estimate of drug-likeness (QED) is 0.828. The highest BCUT2D eigenvalue weighted by molar-refractivity contribution is 6.31. The number of ether oxygens (including phenoxy) is 1. The normalized spacial score (nSPS) is 25.7. The van der Waals surface area contributed by atoms with E-state index in [1.165, 1.54) is 6.42 Å². The van der Waals surface area contributed by atoms with E-state index >= 15 is 0 Å². The fourth-order valence-corrected chi connectivity index (χ4v) is 4.44. The smallest absolute Gasteiger partial charge is 0.227 e. The zero-order chi connectivity index (χ0) is 19.4. The van der Waals surface area contributed by atoms with Gasteiger partial charge in [-0.1, -0.05) is 18.5 Å². The second-order valence-corrected chi connectivity index (χ2v) is 8.35. The predicted molar refractivity (Wildman–Crippen MR) is 107 cm³/mol. The first-order valence-corrected chi connectivity index (χ1v) is 10.3. The van der Waals surface area contributed by atoms with Crippen molar-refractivity contribution in [2.75, 3.05) is 25.5 Å². The average molecular weight is 393 g/mol. The molecule has 1 aliphatic heterocycles. The van der Waals surface area contributed by atoms with E-state index in [4.69, 9.17) is 16.3 Å². The largest absolute Gasteiger partial charge is 0.495 e. The molecule has 1 aromatic carbocycles. The number of hydrogen-bond donors (Lipinski definition) is 1. The van der Waals surface area contributed by atoms with E-state index in [1.807, 2.05) is 4.90 Å². The number of benzene rings is 1. The monoisotopic (exact) mass is 392 g/mol. The topological polar surface area (TPSA) is 58.6 Å². The number of amides is 2. The summed E-state index contributed by atoms with van der Waals surface area (Å²) in [7, 11) is 1.57. The summed E-state index contributed by atoms with van der Waals surface area (Å²) in [5, 5.41) is 3.49. The first kappa shape index (κ1) is 20.0. The molecule has 0 radical (unpaired) electrons. The summed E-state index contributed by atoms with van der Waals surface area (Å²) >= 11 is 6.03. The van der Waals surface area contributed by atoms with Gasteiger partial charge in [-0.3, -0.25) is 9.59 Å². The molecule has 27 heavy (non-hydrogen) atoms. The molecule has 1 N–H and O–H groups in total. The van der Waals surface area contributed by atoms with Crippen LogP contribution < -0.4 is 10.1 Å². The maximum Gasteiger partial charge on any atom is 0.227 e. The number of rotatable bonds is 4. The zero-order valence-corrected chi connectivity index (χ0v) is 16.9. The number of likely N-dealkylation sites (tertiary alicyclic amines) is 1. The molecule has 1 aromatic rings. The van der Waals surface area contributed by atoms with Gasteiger partial charge in [-0.25, -0.2) is 0 Å². The van der Waals surface area contributed by atoms with Crippen molar-refractivity contribution >= 4 is 29.1 Å². The van der Waals surface area contributed by atoms with Crippen molar-refractivity contribution in [1.82, 2.24) is 4.90 Å². The van der Waals surface area contributed by atoms with Crippen LogP contribution in [0, 0.1) is 17.8 Å². The van der Waals surface area contributed by atoms with Crippen molar-refractivity contribution in [3.05, 3.63) is 23.2 Å². The number of anilines is 1. The van der Waals surface area contributed by atoms with Crippen molar-refractivity contribution in [2.24, 2.45) is 17.8 Å². The fourth-order valence-electron chi connectivity index (χ4n) is 4.26. The molecule has 6 heteroatoms. The zero-order valence-electron chi connectivity index (χ0n) is 16.2. The number of methoxy groups -OCH3 is 1. The van der Waals surface area contributed by atoms with Gasteiger partial charge in [0.05, 0.1) is 12.8 Å². The summed E-state index contributed by atoms with van der Waals surface area (Å²) in [5.41, 5.74) is 0.593. The van der Waals surface area contributed by atoms with E-state index in [2.05, 4.69) is 12.2 Å². The molecular weight excluding hydrogens is 364 g/mol. The lowest BCUT2D eigenvalue weighted by atomic mass is 9.80. The number of carbonyl (C=O) groups excluding carboxylic acids is 2. The predicted octanol–water partition coefficient (Wildman–Crippen LogP) is 4.35. The molecule has 148 valence electrons. The SMILES string of the molecule is COc1ccc(Cl)cc1NC(=O)C1CCC(C(=O)N2CCCC(C)C2)CC1. The highest BCUT2D eigenvalue weighted by Crippen LogP contribution is 2.33. The third kappa shape index (κ3) is 4.95. The van der Waals surface area contributed by atoms with Crippen LogP contribution in [0.4, 0.5) is 5.69 Å². The summed E-state index contributed by atoms with van der Waals surface area (Å²) in [6, 6.07) is 5.17. The number of halogens is 1. The second kappa shape index (κ2) is 8.96. The molecule has 1 heterocycles. The summed E-state index contributed by atoms with van der Waals surface area (Å²) in [5.74, 6) is 1.45. The minimum absolute atomic E-state index is 0.0203. The summed E-state index contributed by atoms with van der Waals surface area (Å²) in [6.07, 6.45) is 5.38. The Morgan fingerprint density at radius 1 is 1.15 bits per heavy atom. The van der Waals surface area contributed by atoms with Crippen LogP contribution in [-0.4, -0.2) is 36.9 Å².